The van der Waals surface area contributed by atoms with E-state index in [2.05, 4.69) is 38.5 Å². The fourth-order valence-electron chi connectivity index (χ4n) is 1.18. The molecular weight excluding hydrogens is 378 g/mol. The molecular formula is C10H9BrClIO. The Kier molecular flexibility index (Phi) is 5.41. The van der Waals surface area contributed by atoms with Crippen molar-refractivity contribution in [3.63, 3.8) is 0 Å². The monoisotopic (exact) mass is 386 g/mol. The second-order valence-electron chi connectivity index (χ2n) is 2.76. The van der Waals surface area contributed by atoms with E-state index in [1.54, 1.807) is 0 Å². The molecule has 0 unspecified atom stereocenters. The lowest BCUT2D eigenvalue weighted by Gasteiger charge is -2.07. The van der Waals surface area contributed by atoms with Crippen LogP contribution in [0.1, 0.15) is 22.3 Å². The molecule has 1 aromatic rings. The van der Waals surface area contributed by atoms with Gasteiger partial charge in [0.05, 0.1) is 0 Å². The molecule has 1 aromatic carbocycles. The Labute approximate surface area is 110 Å². The largest absolute Gasteiger partial charge is 0.294 e. The van der Waals surface area contributed by atoms with Gasteiger partial charge < -0.3 is 0 Å². The van der Waals surface area contributed by atoms with Crippen molar-refractivity contribution in [3.8, 4) is 0 Å². The van der Waals surface area contributed by atoms with Crippen LogP contribution < -0.4 is 0 Å². The van der Waals surface area contributed by atoms with E-state index < -0.39 is 0 Å². The lowest BCUT2D eigenvalue weighted by Crippen LogP contribution is -2.04. The first-order chi connectivity index (χ1) is 6.70. The van der Waals surface area contributed by atoms with Crippen molar-refractivity contribution in [2.24, 2.45) is 0 Å². The Morgan fingerprint density at radius 3 is 2.79 bits per heavy atom. The van der Waals surface area contributed by atoms with E-state index in [0.29, 0.717) is 17.6 Å². The number of alkyl halides is 2. The quantitative estimate of drug-likeness (QED) is 0.434. The molecule has 0 aliphatic carbocycles. The number of Topliss-reactive ketones (excluding diaryl/α,β-unsaturated/α-hetero) is 1. The van der Waals surface area contributed by atoms with Gasteiger partial charge in [-0.2, -0.15) is 0 Å². The van der Waals surface area contributed by atoms with Crippen LogP contribution in [0.15, 0.2) is 18.2 Å². The van der Waals surface area contributed by atoms with E-state index in [1.807, 2.05) is 18.2 Å². The molecule has 0 aliphatic rings. The zero-order valence-electron chi connectivity index (χ0n) is 7.40. The molecule has 0 fully saturated rings. The second kappa shape index (κ2) is 6.08. The van der Waals surface area contributed by atoms with Crippen LogP contribution in [-0.4, -0.2) is 11.7 Å². The molecule has 0 saturated heterocycles. The third-order valence-electron chi connectivity index (χ3n) is 1.87. The van der Waals surface area contributed by atoms with E-state index in [4.69, 9.17) is 11.6 Å². The molecule has 0 aromatic heterocycles. The van der Waals surface area contributed by atoms with Gasteiger partial charge in [-0.15, -0.1) is 11.6 Å². The number of hydrogen-bond acceptors (Lipinski definition) is 1. The van der Waals surface area contributed by atoms with Crippen LogP contribution in [0.5, 0.6) is 0 Å². The molecule has 0 radical (unpaired) electrons. The molecule has 0 saturated carbocycles. The molecule has 0 N–H and O–H groups in total. The third-order valence-corrected chi connectivity index (χ3v) is 3.63. The Bertz CT molecular complexity index is 341. The Hall–Kier alpha value is 0.390. The fourth-order valence-corrected chi connectivity index (χ4v) is 3.16. The van der Waals surface area contributed by atoms with Crippen LogP contribution in [0.3, 0.4) is 0 Å². The maximum Gasteiger partial charge on any atom is 0.164 e. The number of hydrogen-bond donors (Lipinski definition) is 0. The van der Waals surface area contributed by atoms with E-state index in [-0.39, 0.29) is 5.78 Å². The van der Waals surface area contributed by atoms with Gasteiger partial charge in [0.25, 0.3) is 0 Å². The minimum absolute atomic E-state index is 0.118. The number of ketones is 1. The summed E-state index contributed by atoms with van der Waals surface area (Å²) in [6.45, 7) is 0. The first-order valence-corrected chi connectivity index (χ1v) is 6.86. The average Bonchev–Trinajstić information content (AvgIpc) is 2.17. The molecule has 1 nitrogen and oxygen atoms in total. The van der Waals surface area contributed by atoms with Crippen LogP contribution in [0.4, 0.5) is 0 Å². The molecule has 4 heteroatoms. The number of halogens is 3. The Balaban J connectivity index is 3.07. The lowest BCUT2D eigenvalue weighted by molar-refractivity contribution is 0.0988. The first kappa shape index (κ1) is 12.5. The highest BCUT2D eigenvalue weighted by Gasteiger charge is 2.11. The van der Waals surface area contributed by atoms with Gasteiger partial charge in [0, 0.05) is 26.8 Å². The van der Waals surface area contributed by atoms with Crippen LogP contribution in [0, 0.1) is 3.57 Å². The standard InChI is InChI=1S/C10H9BrClIO/c11-6-8-7(10(14)4-5-12)2-1-3-9(8)13/h1-3H,4-6H2. The van der Waals surface area contributed by atoms with Crippen molar-refractivity contribution in [3.05, 3.63) is 32.9 Å². The number of benzene rings is 1. The number of carbonyl (C=O) groups is 1. The molecule has 0 atom stereocenters. The molecule has 0 amide bonds. The Morgan fingerprint density at radius 2 is 2.21 bits per heavy atom. The highest BCUT2D eigenvalue weighted by Crippen LogP contribution is 2.21. The third kappa shape index (κ3) is 2.94. The normalized spacial score (nSPS) is 10.2. The van der Waals surface area contributed by atoms with Crippen molar-refractivity contribution >= 4 is 55.9 Å². The van der Waals surface area contributed by atoms with Crippen LogP contribution in [-0.2, 0) is 5.33 Å². The molecule has 76 valence electrons. The molecule has 14 heavy (non-hydrogen) atoms. The zero-order chi connectivity index (χ0) is 10.6. The van der Waals surface area contributed by atoms with Crippen molar-refractivity contribution in [1.82, 2.24) is 0 Å². The van der Waals surface area contributed by atoms with E-state index >= 15 is 0 Å². The van der Waals surface area contributed by atoms with Gasteiger partial charge in [-0.25, -0.2) is 0 Å². The minimum Gasteiger partial charge on any atom is -0.294 e. The highest BCUT2D eigenvalue weighted by atomic mass is 127. The topological polar surface area (TPSA) is 17.1 Å². The molecule has 1 rings (SSSR count). The zero-order valence-corrected chi connectivity index (χ0v) is 11.9. The van der Waals surface area contributed by atoms with Gasteiger partial charge in [-0.1, -0.05) is 28.1 Å². The maximum atomic E-state index is 11.7. The van der Waals surface area contributed by atoms with Gasteiger partial charge in [0.1, 0.15) is 0 Å². The highest BCUT2D eigenvalue weighted by molar-refractivity contribution is 14.1. The Morgan fingerprint density at radius 1 is 1.50 bits per heavy atom. The van der Waals surface area contributed by atoms with Crippen molar-refractivity contribution < 1.29 is 4.79 Å². The summed E-state index contributed by atoms with van der Waals surface area (Å²) < 4.78 is 1.11. The predicted octanol–water partition coefficient (Wildman–Crippen LogP) is 4.00. The second-order valence-corrected chi connectivity index (χ2v) is 4.86. The first-order valence-electron chi connectivity index (χ1n) is 4.13. The molecule has 0 bridgehead atoms. The summed E-state index contributed by atoms with van der Waals surface area (Å²) in [6.07, 6.45) is 0.404. The van der Waals surface area contributed by atoms with E-state index in [1.165, 1.54) is 0 Å². The number of carbonyl (C=O) groups excluding carboxylic acids is 1. The summed E-state index contributed by atoms with van der Waals surface area (Å²) in [7, 11) is 0. The van der Waals surface area contributed by atoms with Gasteiger partial charge in [0.15, 0.2) is 5.78 Å². The molecule has 0 spiro atoms. The summed E-state index contributed by atoms with van der Waals surface area (Å²) in [6, 6.07) is 5.75. The molecule has 0 heterocycles. The van der Waals surface area contributed by atoms with Gasteiger partial charge in [-0.3, -0.25) is 4.79 Å². The smallest absolute Gasteiger partial charge is 0.164 e. The summed E-state index contributed by atoms with van der Waals surface area (Å²) in [5.41, 5.74) is 1.85. The van der Waals surface area contributed by atoms with Gasteiger partial charge in [0.2, 0.25) is 0 Å². The summed E-state index contributed by atoms with van der Waals surface area (Å²) in [5.74, 6) is 0.499. The average molecular weight is 387 g/mol. The van der Waals surface area contributed by atoms with E-state index in [0.717, 1.165) is 14.7 Å². The van der Waals surface area contributed by atoms with Crippen molar-refractivity contribution in [2.75, 3.05) is 5.88 Å². The van der Waals surface area contributed by atoms with Crippen LogP contribution in [0.2, 0.25) is 0 Å². The maximum absolute atomic E-state index is 11.7. The number of rotatable bonds is 4. The summed E-state index contributed by atoms with van der Waals surface area (Å²) in [5, 5.41) is 0.704. The SMILES string of the molecule is O=C(CCCl)c1cccc(I)c1CBr. The van der Waals surface area contributed by atoms with E-state index in [9.17, 15) is 4.79 Å². The molecule has 0 aliphatic heterocycles. The van der Waals surface area contributed by atoms with Gasteiger partial charge >= 0.3 is 0 Å². The fraction of sp³-hybridized carbons (Fsp3) is 0.300. The van der Waals surface area contributed by atoms with Crippen molar-refractivity contribution in [2.45, 2.75) is 11.8 Å². The summed E-state index contributed by atoms with van der Waals surface area (Å²) >= 11 is 11.2. The minimum atomic E-state index is 0.118. The summed E-state index contributed by atoms with van der Waals surface area (Å²) in [4.78, 5) is 11.7. The van der Waals surface area contributed by atoms with Crippen molar-refractivity contribution in [1.29, 1.82) is 0 Å². The van der Waals surface area contributed by atoms with Crippen LogP contribution in [0.25, 0.3) is 0 Å². The lowest BCUT2D eigenvalue weighted by atomic mass is 10.0. The predicted molar refractivity (Wildman–Crippen MR) is 71.5 cm³/mol. The van der Waals surface area contributed by atoms with Gasteiger partial charge in [-0.05, 0) is 34.2 Å². The van der Waals surface area contributed by atoms with Crippen LogP contribution >= 0.6 is 50.1 Å².